The first-order valence-corrected chi connectivity index (χ1v) is 18.5. The van der Waals surface area contributed by atoms with E-state index in [0.717, 1.165) is 74.3 Å². The third-order valence-electron chi connectivity index (χ3n) is 10.9. The summed E-state index contributed by atoms with van der Waals surface area (Å²) in [5, 5.41) is 4.78. The lowest BCUT2D eigenvalue weighted by molar-refractivity contribution is 0.437. The molecule has 4 heteroatoms. The van der Waals surface area contributed by atoms with Crippen LogP contribution in [0.4, 0.5) is 0 Å². The smallest absolute Gasteiger partial charge is 0.155 e. The minimum atomic E-state index is -0.0514. The second-order valence-corrected chi connectivity index (χ2v) is 14.0. The van der Waals surface area contributed by atoms with Crippen LogP contribution >= 0.6 is 0 Å². The average molecular weight is 684 g/mol. The lowest BCUT2D eigenvalue weighted by Crippen LogP contribution is -2.14. The fraction of sp³-hybridized carbons (Fsp3) is 0.102. The zero-order chi connectivity index (χ0) is 35.3. The van der Waals surface area contributed by atoms with E-state index in [9.17, 15) is 0 Å². The molecule has 2 aromatic heterocycles. The van der Waals surface area contributed by atoms with E-state index in [1.807, 2.05) is 12.1 Å². The number of rotatable bonds is 6. The Morgan fingerprint density at radius 3 is 1.92 bits per heavy atom. The van der Waals surface area contributed by atoms with Gasteiger partial charge in [0.05, 0.1) is 22.8 Å². The fourth-order valence-electron chi connectivity index (χ4n) is 8.23. The molecule has 0 N–H and O–H groups in total. The third-order valence-corrected chi connectivity index (χ3v) is 10.9. The maximum Gasteiger partial charge on any atom is 0.155 e. The normalized spacial score (nSPS) is 16.2. The van der Waals surface area contributed by atoms with Crippen molar-refractivity contribution in [1.29, 1.82) is 0 Å². The van der Waals surface area contributed by atoms with Crippen LogP contribution in [0.3, 0.4) is 0 Å². The molecule has 0 bridgehead atoms. The average Bonchev–Trinajstić information content (AvgIpc) is 3.69. The summed E-state index contributed by atoms with van der Waals surface area (Å²) in [4.78, 5) is 10.9. The van der Waals surface area contributed by atoms with Gasteiger partial charge < -0.3 is 8.98 Å². The lowest BCUT2D eigenvalue weighted by atomic mass is 9.86. The van der Waals surface area contributed by atoms with Gasteiger partial charge in [-0.1, -0.05) is 135 Å². The van der Waals surface area contributed by atoms with Crippen LogP contribution < -0.4 is 0 Å². The zero-order valence-electron chi connectivity index (χ0n) is 29.5. The van der Waals surface area contributed by atoms with Crippen molar-refractivity contribution >= 4 is 55.3 Å². The molecular weight excluding hydrogens is 647 g/mol. The molecule has 7 aromatic carbocycles. The predicted octanol–water partition coefficient (Wildman–Crippen LogP) is 12.8. The molecule has 0 spiro atoms. The van der Waals surface area contributed by atoms with Gasteiger partial charge in [-0.05, 0) is 83.1 Å². The van der Waals surface area contributed by atoms with Crippen molar-refractivity contribution < 1.29 is 4.42 Å². The topological polar surface area (TPSA) is 42.8 Å². The van der Waals surface area contributed by atoms with E-state index in [-0.39, 0.29) is 12.0 Å². The quantitative estimate of drug-likeness (QED) is 0.172. The second-order valence-electron chi connectivity index (χ2n) is 14.0. The van der Waals surface area contributed by atoms with Gasteiger partial charge in [0.1, 0.15) is 11.2 Å². The number of aliphatic imine (C=N–C) groups is 2. The molecule has 1 aliphatic heterocycles. The fourth-order valence-corrected chi connectivity index (χ4v) is 8.23. The molecule has 3 heterocycles. The summed E-state index contributed by atoms with van der Waals surface area (Å²) in [6.45, 7) is 2.28. The summed E-state index contributed by atoms with van der Waals surface area (Å²) in [6, 6.07) is 60.4. The number of fused-ring (bicyclic) bond motifs is 6. The Bertz CT molecular complexity index is 2800. The number of para-hydroxylation sites is 3. The van der Waals surface area contributed by atoms with Gasteiger partial charge in [0.15, 0.2) is 5.84 Å². The molecule has 2 atom stereocenters. The number of amidine groups is 1. The highest BCUT2D eigenvalue weighted by molar-refractivity contribution is 6.14. The number of nitrogens with zero attached hydrogens (tertiary/aromatic N) is 3. The van der Waals surface area contributed by atoms with Crippen LogP contribution in [0.15, 0.2) is 184 Å². The molecule has 4 nitrogen and oxygen atoms in total. The summed E-state index contributed by atoms with van der Waals surface area (Å²) < 4.78 is 8.51. The van der Waals surface area contributed by atoms with Gasteiger partial charge in [-0.15, -0.1) is 0 Å². The highest BCUT2D eigenvalue weighted by atomic mass is 16.3. The van der Waals surface area contributed by atoms with Crippen molar-refractivity contribution in [2.75, 3.05) is 0 Å². The molecule has 1 aliphatic rings. The Balaban J connectivity index is 1.08. The van der Waals surface area contributed by atoms with Gasteiger partial charge in [0, 0.05) is 32.8 Å². The SMILES string of the molecule is CCC1CC(c2ccccc2)=NC(c2cccc(-c3ccc4oc5ccccc5c4c3)c2)=NC1c1ccc(-n2c3ccccc3c3ccccc32)cc1. The maximum absolute atomic E-state index is 6.13. The molecule has 0 aliphatic carbocycles. The molecule has 2 unspecified atom stereocenters. The first-order valence-electron chi connectivity index (χ1n) is 18.5. The molecule has 0 radical (unpaired) electrons. The molecule has 0 fully saturated rings. The van der Waals surface area contributed by atoms with Crippen molar-refractivity contribution in [3.05, 3.63) is 187 Å². The number of hydrogen-bond donors (Lipinski definition) is 0. The van der Waals surface area contributed by atoms with Gasteiger partial charge in [-0.25, -0.2) is 4.99 Å². The van der Waals surface area contributed by atoms with Crippen LogP contribution in [0, 0.1) is 5.92 Å². The number of benzene rings is 7. The van der Waals surface area contributed by atoms with Crippen LogP contribution in [0.2, 0.25) is 0 Å². The zero-order valence-corrected chi connectivity index (χ0v) is 29.5. The minimum Gasteiger partial charge on any atom is -0.456 e. The predicted molar refractivity (Wildman–Crippen MR) is 221 cm³/mol. The minimum absolute atomic E-state index is 0.0514. The Hall–Kier alpha value is -6.52. The van der Waals surface area contributed by atoms with E-state index in [1.54, 1.807) is 0 Å². The van der Waals surface area contributed by atoms with Gasteiger partial charge in [0.2, 0.25) is 0 Å². The number of furan rings is 1. The van der Waals surface area contributed by atoms with Crippen molar-refractivity contribution in [3.8, 4) is 16.8 Å². The lowest BCUT2D eigenvalue weighted by Gasteiger charge is -2.23. The van der Waals surface area contributed by atoms with Gasteiger partial charge in [-0.3, -0.25) is 4.99 Å². The summed E-state index contributed by atoms with van der Waals surface area (Å²) in [7, 11) is 0. The molecule has 53 heavy (non-hydrogen) atoms. The Morgan fingerprint density at radius 2 is 1.17 bits per heavy atom. The summed E-state index contributed by atoms with van der Waals surface area (Å²) >= 11 is 0. The standard InChI is InChI=1S/C49H37N3O/c1-2-32-31-43(33-13-4-3-5-14-33)50-49(37-16-12-15-35(29-37)36-25-28-47-42(30-36)41-19-8-11-22-46(41)53-47)51-48(32)34-23-26-38(27-24-34)52-44-20-9-6-17-39(44)40-18-7-10-21-45(40)52/h3-30,32,48H,2,31H2,1H3. The summed E-state index contributed by atoms with van der Waals surface area (Å²) in [6.07, 6.45) is 1.83. The van der Waals surface area contributed by atoms with E-state index in [1.165, 1.54) is 27.4 Å². The van der Waals surface area contributed by atoms with Crippen LogP contribution in [-0.2, 0) is 0 Å². The molecule has 0 saturated carbocycles. The van der Waals surface area contributed by atoms with Crippen LogP contribution in [0.25, 0.3) is 60.6 Å². The van der Waals surface area contributed by atoms with Crippen molar-refractivity contribution in [3.63, 3.8) is 0 Å². The first-order chi connectivity index (χ1) is 26.2. The molecule has 10 rings (SSSR count). The number of aromatic nitrogens is 1. The molecule has 254 valence electrons. The monoisotopic (exact) mass is 683 g/mol. The molecule has 0 amide bonds. The van der Waals surface area contributed by atoms with E-state index in [4.69, 9.17) is 14.4 Å². The van der Waals surface area contributed by atoms with E-state index in [2.05, 4.69) is 169 Å². The largest absolute Gasteiger partial charge is 0.456 e. The van der Waals surface area contributed by atoms with Gasteiger partial charge in [-0.2, -0.15) is 0 Å². The Kier molecular flexibility index (Phi) is 7.61. The van der Waals surface area contributed by atoms with E-state index < -0.39 is 0 Å². The van der Waals surface area contributed by atoms with Crippen molar-refractivity contribution in [2.24, 2.45) is 15.9 Å². The van der Waals surface area contributed by atoms with Gasteiger partial charge >= 0.3 is 0 Å². The van der Waals surface area contributed by atoms with Crippen molar-refractivity contribution in [2.45, 2.75) is 25.8 Å². The van der Waals surface area contributed by atoms with Crippen LogP contribution in [0.1, 0.15) is 42.5 Å². The van der Waals surface area contributed by atoms with Crippen LogP contribution in [0.5, 0.6) is 0 Å². The van der Waals surface area contributed by atoms with Crippen LogP contribution in [-0.4, -0.2) is 16.1 Å². The third kappa shape index (κ3) is 5.46. The highest BCUT2D eigenvalue weighted by Gasteiger charge is 2.28. The number of hydrogen-bond acceptors (Lipinski definition) is 3. The van der Waals surface area contributed by atoms with Crippen molar-refractivity contribution in [1.82, 2.24) is 4.57 Å². The molecule has 0 saturated heterocycles. The summed E-state index contributed by atoms with van der Waals surface area (Å²) in [5.41, 5.74) is 12.1. The maximum atomic E-state index is 6.13. The van der Waals surface area contributed by atoms with E-state index >= 15 is 0 Å². The summed E-state index contributed by atoms with van der Waals surface area (Å²) in [5.74, 6) is 1.05. The molecule has 9 aromatic rings. The second kappa shape index (κ2) is 12.9. The first kappa shape index (κ1) is 31.2. The van der Waals surface area contributed by atoms with E-state index in [0.29, 0.717) is 0 Å². The van der Waals surface area contributed by atoms with Gasteiger partial charge in [0.25, 0.3) is 0 Å². The Morgan fingerprint density at radius 1 is 0.547 bits per heavy atom. The highest BCUT2D eigenvalue weighted by Crippen LogP contribution is 2.38. The Labute approximate surface area is 308 Å². The molecular formula is C49H37N3O.